The van der Waals surface area contributed by atoms with Crippen LogP contribution in [-0.2, 0) is 5.41 Å². The highest BCUT2D eigenvalue weighted by molar-refractivity contribution is 7.19. The highest BCUT2D eigenvalue weighted by Crippen LogP contribution is 2.41. The molecule has 1 heteroatoms. The van der Waals surface area contributed by atoms with Gasteiger partial charge < -0.3 is 0 Å². The quantitative estimate of drug-likeness (QED) is 0.515. The molecule has 0 aliphatic heterocycles. The van der Waals surface area contributed by atoms with Crippen molar-refractivity contribution in [2.45, 2.75) is 72.1 Å². The first-order valence-corrected chi connectivity index (χ1v) is 8.77. The maximum atomic E-state index is 2.42. The second-order valence-corrected chi connectivity index (χ2v) is 7.80. The minimum atomic E-state index is 0.315. The van der Waals surface area contributed by atoms with Crippen molar-refractivity contribution in [3.63, 3.8) is 0 Å². The highest BCUT2D eigenvalue weighted by Gasteiger charge is 2.25. The Bertz CT molecular complexity index is 575. The van der Waals surface area contributed by atoms with Gasteiger partial charge in [0.25, 0.3) is 0 Å². The summed E-state index contributed by atoms with van der Waals surface area (Å²) in [6.07, 6.45) is 6.73. The van der Waals surface area contributed by atoms with Crippen LogP contribution in [0.1, 0.15) is 68.9 Å². The second kappa shape index (κ2) is 6.30. The number of hydrogen-bond acceptors (Lipinski definition) is 1. The Labute approximate surface area is 128 Å². The molecule has 0 saturated heterocycles. The second-order valence-electron chi connectivity index (χ2n) is 6.75. The van der Waals surface area contributed by atoms with Crippen molar-refractivity contribution in [2.24, 2.45) is 0 Å². The smallest absolute Gasteiger partial charge is 0.0351 e. The number of hydrogen-bond donors (Lipinski definition) is 0. The maximum Gasteiger partial charge on any atom is 0.0351 e. The molecule has 0 aliphatic carbocycles. The predicted molar refractivity (Wildman–Crippen MR) is 93.1 cm³/mol. The summed E-state index contributed by atoms with van der Waals surface area (Å²) in [4.78, 5) is 1.59. The topological polar surface area (TPSA) is 0 Å². The average molecular weight is 289 g/mol. The molecule has 2 rings (SSSR count). The van der Waals surface area contributed by atoms with E-state index < -0.39 is 0 Å². The minimum Gasteiger partial charge on any atom is -0.139 e. The van der Waals surface area contributed by atoms with Crippen molar-refractivity contribution in [1.82, 2.24) is 0 Å². The summed E-state index contributed by atoms with van der Waals surface area (Å²) in [5.74, 6) is 0. The van der Waals surface area contributed by atoms with Gasteiger partial charge in [0.05, 0.1) is 0 Å². The molecular formula is C19H28S. The van der Waals surface area contributed by atoms with Gasteiger partial charge in [-0.15, -0.1) is 11.3 Å². The lowest BCUT2D eigenvalue weighted by Gasteiger charge is -2.24. The molecule has 0 atom stereocenters. The number of aryl methyl sites for hydroxylation is 2. The van der Waals surface area contributed by atoms with Crippen LogP contribution in [0, 0.1) is 13.8 Å². The van der Waals surface area contributed by atoms with E-state index in [-0.39, 0.29) is 0 Å². The largest absolute Gasteiger partial charge is 0.139 e. The molecule has 0 radical (unpaired) electrons. The molecule has 0 nitrogen and oxygen atoms in total. The molecule has 0 fully saturated rings. The van der Waals surface area contributed by atoms with Crippen LogP contribution in [0.3, 0.4) is 0 Å². The van der Waals surface area contributed by atoms with Crippen LogP contribution in [-0.4, -0.2) is 0 Å². The Hall–Kier alpha value is -0.820. The van der Waals surface area contributed by atoms with Gasteiger partial charge in [0.1, 0.15) is 0 Å². The predicted octanol–water partition coefficient (Wildman–Crippen LogP) is 6.77. The summed E-state index contributed by atoms with van der Waals surface area (Å²) in [7, 11) is 0. The van der Waals surface area contributed by atoms with Gasteiger partial charge in [-0.2, -0.15) is 0 Å². The molecule has 0 unspecified atom stereocenters. The monoisotopic (exact) mass is 288 g/mol. The standard InChI is InChI=1S/C19H28S/c1-6-7-8-9-12-19(4,5)18-15(3)16-11-10-14(2)13-17(16)20-18/h10-11,13H,6-9,12H2,1-5H3. The van der Waals surface area contributed by atoms with E-state index in [9.17, 15) is 0 Å². The van der Waals surface area contributed by atoms with Crippen LogP contribution in [0.5, 0.6) is 0 Å². The van der Waals surface area contributed by atoms with Gasteiger partial charge >= 0.3 is 0 Å². The van der Waals surface area contributed by atoms with E-state index in [0.29, 0.717) is 5.41 Å². The first-order chi connectivity index (χ1) is 9.45. The lowest BCUT2D eigenvalue weighted by molar-refractivity contribution is 0.452. The zero-order valence-corrected chi connectivity index (χ0v) is 14.5. The van der Waals surface area contributed by atoms with Crippen LogP contribution < -0.4 is 0 Å². The average Bonchev–Trinajstić information content (AvgIpc) is 2.72. The van der Waals surface area contributed by atoms with Gasteiger partial charge in [0.2, 0.25) is 0 Å². The molecule has 0 amide bonds. The van der Waals surface area contributed by atoms with E-state index >= 15 is 0 Å². The Morgan fingerprint density at radius 2 is 1.80 bits per heavy atom. The van der Waals surface area contributed by atoms with Gasteiger partial charge in [-0.05, 0) is 48.3 Å². The third-order valence-corrected chi connectivity index (χ3v) is 5.98. The number of thiophene rings is 1. The van der Waals surface area contributed by atoms with Gasteiger partial charge in [-0.3, -0.25) is 0 Å². The number of benzene rings is 1. The maximum absolute atomic E-state index is 2.42. The van der Waals surface area contributed by atoms with E-state index in [1.165, 1.54) is 53.3 Å². The Morgan fingerprint density at radius 1 is 1.05 bits per heavy atom. The van der Waals surface area contributed by atoms with Crippen LogP contribution in [0.4, 0.5) is 0 Å². The number of rotatable bonds is 6. The molecule has 0 saturated carbocycles. The van der Waals surface area contributed by atoms with E-state index in [0.717, 1.165) is 0 Å². The Kier molecular flexibility index (Phi) is 4.90. The van der Waals surface area contributed by atoms with Crippen LogP contribution in [0.2, 0.25) is 0 Å². The summed E-state index contributed by atoms with van der Waals surface area (Å²) >= 11 is 2.01. The fourth-order valence-corrected chi connectivity index (χ4v) is 4.52. The normalized spacial score (nSPS) is 12.2. The minimum absolute atomic E-state index is 0.315. The van der Waals surface area contributed by atoms with Crippen LogP contribution in [0.15, 0.2) is 18.2 Å². The molecule has 0 aliphatic rings. The third-order valence-electron chi connectivity index (χ3n) is 4.36. The first kappa shape index (κ1) is 15.6. The van der Waals surface area contributed by atoms with Gasteiger partial charge in [-0.25, -0.2) is 0 Å². The van der Waals surface area contributed by atoms with E-state index in [4.69, 9.17) is 0 Å². The molecule has 20 heavy (non-hydrogen) atoms. The zero-order valence-electron chi connectivity index (χ0n) is 13.7. The van der Waals surface area contributed by atoms with Crippen molar-refractivity contribution in [2.75, 3.05) is 0 Å². The number of unbranched alkanes of at least 4 members (excludes halogenated alkanes) is 3. The summed E-state index contributed by atoms with van der Waals surface area (Å²) in [6, 6.07) is 6.87. The van der Waals surface area contributed by atoms with E-state index in [1.54, 1.807) is 4.88 Å². The van der Waals surface area contributed by atoms with Crippen molar-refractivity contribution in [1.29, 1.82) is 0 Å². The van der Waals surface area contributed by atoms with Gasteiger partial charge in [0, 0.05) is 9.58 Å². The molecule has 1 aromatic carbocycles. The molecule has 1 aromatic heterocycles. The number of fused-ring (bicyclic) bond motifs is 1. The summed E-state index contributed by atoms with van der Waals surface area (Å²) in [6.45, 7) is 11.6. The molecule has 110 valence electrons. The SMILES string of the molecule is CCCCCCC(C)(C)c1sc2cc(C)ccc2c1C. The molecule has 0 bridgehead atoms. The fraction of sp³-hybridized carbons (Fsp3) is 0.579. The molecule has 0 N–H and O–H groups in total. The van der Waals surface area contributed by atoms with Gasteiger partial charge in [-0.1, -0.05) is 58.6 Å². The molecule has 0 spiro atoms. The first-order valence-electron chi connectivity index (χ1n) is 7.96. The molecular weight excluding hydrogens is 260 g/mol. The van der Waals surface area contributed by atoms with Crippen LogP contribution >= 0.6 is 11.3 Å². The van der Waals surface area contributed by atoms with E-state index in [2.05, 4.69) is 52.8 Å². The third kappa shape index (κ3) is 3.25. The zero-order chi connectivity index (χ0) is 14.8. The molecule has 2 aromatic rings. The molecule has 1 heterocycles. The van der Waals surface area contributed by atoms with Crippen molar-refractivity contribution in [3.05, 3.63) is 34.2 Å². The van der Waals surface area contributed by atoms with Crippen molar-refractivity contribution in [3.8, 4) is 0 Å². The van der Waals surface area contributed by atoms with Gasteiger partial charge in [0.15, 0.2) is 0 Å². The summed E-state index contributed by atoms with van der Waals surface area (Å²) < 4.78 is 1.46. The fourth-order valence-electron chi connectivity index (χ4n) is 3.09. The van der Waals surface area contributed by atoms with Crippen LogP contribution in [0.25, 0.3) is 10.1 Å². The lowest BCUT2D eigenvalue weighted by Crippen LogP contribution is -2.16. The summed E-state index contributed by atoms with van der Waals surface area (Å²) in [5.41, 5.74) is 3.19. The Balaban J connectivity index is 2.24. The summed E-state index contributed by atoms with van der Waals surface area (Å²) in [5, 5.41) is 1.46. The van der Waals surface area contributed by atoms with Crippen molar-refractivity contribution < 1.29 is 0 Å². The Morgan fingerprint density at radius 3 is 2.50 bits per heavy atom. The van der Waals surface area contributed by atoms with E-state index in [1.807, 2.05) is 11.3 Å². The highest BCUT2D eigenvalue weighted by atomic mass is 32.1. The van der Waals surface area contributed by atoms with Crippen molar-refractivity contribution >= 4 is 21.4 Å². The lowest BCUT2D eigenvalue weighted by atomic mass is 9.83.